The van der Waals surface area contributed by atoms with Crippen LogP contribution in [0, 0.1) is 0 Å². The molecular weight excluding hydrogens is 517 g/mol. The van der Waals surface area contributed by atoms with Gasteiger partial charge in [-0.25, -0.2) is 9.79 Å². The minimum absolute atomic E-state index is 0. The normalized spacial score (nSPS) is 14.9. The average Bonchev–Trinajstić information content (AvgIpc) is 2.64. The van der Waals surface area contributed by atoms with E-state index in [2.05, 4.69) is 15.6 Å². The highest BCUT2D eigenvalue weighted by Crippen LogP contribution is 2.11. The topological polar surface area (TPSA) is 113 Å². The van der Waals surface area contributed by atoms with Crippen LogP contribution in [-0.2, 0) is 19.1 Å². The molecule has 1 saturated heterocycles. The van der Waals surface area contributed by atoms with Crippen LogP contribution in [0.2, 0.25) is 0 Å². The molecule has 11 heteroatoms. The summed E-state index contributed by atoms with van der Waals surface area (Å²) < 4.78 is 10.3. The summed E-state index contributed by atoms with van der Waals surface area (Å²) in [6, 6.07) is 0.0953. The third-order valence-electron chi connectivity index (χ3n) is 4.27. The molecule has 1 fully saturated rings. The molecule has 10 nitrogen and oxygen atoms in total. The van der Waals surface area contributed by atoms with Gasteiger partial charge in [0.1, 0.15) is 12.1 Å². The summed E-state index contributed by atoms with van der Waals surface area (Å²) in [5.74, 6) is 0.0326. The first-order valence-electron chi connectivity index (χ1n) is 10.4. The van der Waals surface area contributed by atoms with E-state index in [0.29, 0.717) is 32.2 Å². The third-order valence-corrected chi connectivity index (χ3v) is 4.27. The van der Waals surface area contributed by atoms with Gasteiger partial charge in [-0.1, -0.05) is 0 Å². The maximum absolute atomic E-state index is 11.9. The Kier molecular flexibility index (Phi) is 13.5. The van der Waals surface area contributed by atoms with Crippen molar-refractivity contribution in [3.8, 4) is 0 Å². The maximum Gasteiger partial charge on any atom is 0.409 e. The van der Waals surface area contributed by atoms with Crippen LogP contribution in [0.3, 0.4) is 0 Å². The fraction of sp³-hybridized carbons (Fsp3) is 0.800. The van der Waals surface area contributed by atoms with Crippen LogP contribution in [0.25, 0.3) is 0 Å². The Bertz CT molecular complexity index is 614. The van der Waals surface area contributed by atoms with Crippen molar-refractivity contribution < 1.29 is 23.9 Å². The van der Waals surface area contributed by atoms with E-state index in [4.69, 9.17) is 9.47 Å². The van der Waals surface area contributed by atoms with Gasteiger partial charge in [-0.15, -0.1) is 24.0 Å². The minimum atomic E-state index is -0.530. The first kappa shape index (κ1) is 29.2. The summed E-state index contributed by atoms with van der Waals surface area (Å²) in [6.07, 6.45) is 1.35. The number of esters is 1. The Labute approximate surface area is 202 Å². The van der Waals surface area contributed by atoms with Crippen molar-refractivity contribution >= 4 is 47.9 Å². The number of carbonyl (C=O) groups is 3. The molecule has 31 heavy (non-hydrogen) atoms. The van der Waals surface area contributed by atoms with Crippen molar-refractivity contribution in [2.24, 2.45) is 4.99 Å². The second-order valence-corrected chi connectivity index (χ2v) is 8.32. The van der Waals surface area contributed by atoms with E-state index in [0.717, 1.165) is 12.8 Å². The highest BCUT2D eigenvalue weighted by molar-refractivity contribution is 14.0. The van der Waals surface area contributed by atoms with E-state index >= 15 is 0 Å². The molecule has 0 aromatic heterocycles. The van der Waals surface area contributed by atoms with Crippen LogP contribution in [0.15, 0.2) is 4.99 Å². The van der Waals surface area contributed by atoms with Crippen molar-refractivity contribution in [1.82, 2.24) is 20.4 Å². The van der Waals surface area contributed by atoms with Crippen LogP contribution in [0.1, 0.15) is 47.0 Å². The van der Waals surface area contributed by atoms with Gasteiger partial charge in [0, 0.05) is 39.8 Å². The zero-order chi connectivity index (χ0) is 22.7. The lowest BCUT2D eigenvalue weighted by atomic mass is 10.1. The third kappa shape index (κ3) is 12.6. The molecule has 1 aliphatic heterocycles. The molecule has 1 aliphatic rings. The molecule has 1 heterocycles. The van der Waals surface area contributed by atoms with E-state index in [1.54, 1.807) is 25.9 Å². The fourth-order valence-corrected chi connectivity index (χ4v) is 2.73. The smallest absolute Gasteiger partial charge is 0.409 e. The van der Waals surface area contributed by atoms with Crippen LogP contribution in [0.5, 0.6) is 0 Å². The van der Waals surface area contributed by atoms with E-state index < -0.39 is 5.60 Å². The predicted octanol–water partition coefficient (Wildman–Crippen LogP) is 1.58. The highest BCUT2D eigenvalue weighted by Gasteiger charge is 2.24. The van der Waals surface area contributed by atoms with Gasteiger partial charge in [0.2, 0.25) is 5.91 Å². The van der Waals surface area contributed by atoms with Crippen LogP contribution < -0.4 is 10.6 Å². The molecule has 0 unspecified atom stereocenters. The minimum Gasteiger partial charge on any atom is -0.460 e. The molecular formula is C20H38IN5O5. The van der Waals surface area contributed by atoms with Gasteiger partial charge in [-0.05, 0) is 40.5 Å². The Morgan fingerprint density at radius 3 is 2.29 bits per heavy atom. The van der Waals surface area contributed by atoms with Gasteiger partial charge in [0.25, 0.3) is 0 Å². The summed E-state index contributed by atoms with van der Waals surface area (Å²) in [7, 11) is 3.35. The Hall–Kier alpha value is -1.79. The fourth-order valence-electron chi connectivity index (χ4n) is 2.73. The van der Waals surface area contributed by atoms with Gasteiger partial charge >= 0.3 is 12.1 Å². The lowest BCUT2D eigenvalue weighted by Crippen LogP contribution is -2.50. The zero-order valence-electron chi connectivity index (χ0n) is 19.5. The van der Waals surface area contributed by atoms with Gasteiger partial charge < -0.3 is 29.9 Å². The molecule has 0 saturated carbocycles. The van der Waals surface area contributed by atoms with Crippen LogP contribution in [-0.4, -0.2) is 92.3 Å². The molecule has 0 spiro atoms. The summed E-state index contributed by atoms with van der Waals surface area (Å²) in [5.41, 5.74) is -0.530. The van der Waals surface area contributed by atoms with Crippen LogP contribution in [0.4, 0.5) is 4.79 Å². The molecule has 0 radical (unpaired) electrons. The summed E-state index contributed by atoms with van der Waals surface area (Å²) in [6.45, 7) is 9.10. The largest absolute Gasteiger partial charge is 0.460 e. The summed E-state index contributed by atoms with van der Waals surface area (Å²) in [4.78, 5) is 43.1. The first-order chi connectivity index (χ1) is 14.0. The number of carbonyl (C=O) groups excluding carboxylic acids is 3. The summed E-state index contributed by atoms with van der Waals surface area (Å²) >= 11 is 0. The number of likely N-dealkylation sites (tertiary alicyclic amines) is 1. The van der Waals surface area contributed by atoms with E-state index in [1.807, 2.05) is 20.8 Å². The van der Waals surface area contributed by atoms with Gasteiger partial charge in [-0.2, -0.15) is 0 Å². The van der Waals surface area contributed by atoms with Crippen molar-refractivity contribution in [1.29, 1.82) is 0 Å². The Balaban J connectivity index is 0.00000900. The number of piperidine rings is 1. The Morgan fingerprint density at radius 1 is 1.16 bits per heavy atom. The molecule has 0 bridgehead atoms. The van der Waals surface area contributed by atoms with Crippen LogP contribution >= 0.6 is 24.0 Å². The lowest BCUT2D eigenvalue weighted by molar-refractivity contribution is -0.154. The second-order valence-electron chi connectivity index (χ2n) is 8.32. The monoisotopic (exact) mass is 555 g/mol. The molecule has 180 valence electrons. The highest BCUT2D eigenvalue weighted by atomic mass is 127. The van der Waals surface area contributed by atoms with Gasteiger partial charge in [-0.3, -0.25) is 9.59 Å². The quantitative estimate of drug-likeness (QED) is 0.212. The average molecular weight is 555 g/mol. The number of guanidine groups is 1. The second kappa shape index (κ2) is 14.3. The first-order valence-corrected chi connectivity index (χ1v) is 10.4. The predicted molar refractivity (Wildman–Crippen MR) is 130 cm³/mol. The van der Waals surface area contributed by atoms with Crippen molar-refractivity contribution in [2.45, 2.75) is 58.6 Å². The molecule has 1 rings (SSSR count). The molecule has 2 N–H and O–H groups in total. The number of rotatable bonds is 7. The SMILES string of the molecule is CCOC(=O)N1CCC(NC(=NCC(=O)N(C)C)NCCC(=O)OC(C)(C)C)CC1.I. The Morgan fingerprint density at radius 2 is 1.77 bits per heavy atom. The lowest BCUT2D eigenvalue weighted by Gasteiger charge is -2.32. The number of hydrogen-bond donors (Lipinski definition) is 2. The number of aliphatic imine (C=N–C) groups is 1. The molecule has 0 aromatic carbocycles. The van der Waals surface area contributed by atoms with E-state index in [-0.39, 0.29) is 61.0 Å². The number of nitrogens with one attached hydrogen (secondary N) is 2. The molecule has 2 amide bonds. The number of likely N-dealkylation sites (N-methyl/N-ethyl adjacent to an activating group) is 1. The number of hydrogen-bond acceptors (Lipinski definition) is 6. The molecule has 0 aromatic rings. The van der Waals surface area contributed by atoms with Gasteiger partial charge in [0.15, 0.2) is 5.96 Å². The molecule has 0 atom stereocenters. The van der Waals surface area contributed by atoms with Crippen molar-refractivity contribution in [2.75, 3.05) is 46.9 Å². The van der Waals surface area contributed by atoms with Crippen molar-refractivity contribution in [3.63, 3.8) is 0 Å². The maximum atomic E-state index is 11.9. The number of nitrogens with zero attached hydrogens (tertiary/aromatic N) is 3. The zero-order valence-corrected chi connectivity index (χ0v) is 21.9. The number of amides is 2. The van der Waals surface area contributed by atoms with E-state index in [1.165, 1.54) is 4.90 Å². The van der Waals surface area contributed by atoms with Crippen molar-refractivity contribution in [3.05, 3.63) is 0 Å². The number of halogens is 1. The summed E-state index contributed by atoms with van der Waals surface area (Å²) in [5, 5.41) is 6.40. The van der Waals surface area contributed by atoms with E-state index in [9.17, 15) is 14.4 Å². The standard InChI is InChI=1S/C20H37N5O5.HI/c1-7-29-19(28)25-12-9-15(10-13-25)23-18(22-14-16(26)24(5)6)21-11-8-17(27)30-20(2,3)4;/h15H,7-14H2,1-6H3,(H2,21,22,23);1H. The number of ether oxygens (including phenoxy) is 2. The molecule has 0 aliphatic carbocycles. The van der Waals surface area contributed by atoms with Gasteiger partial charge in [0.05, 0.1) is 13.0 Å².